The molecule has 9 atom stereocenters. The van der Waals surface area contributed by atoms with Gasteiger partial charge in [0.25, 0.3) is 5.91 Å². The van der Waals surface area contributed by atoms with E-state index in [0.29, 0.717) is 24.2 Å². The van der Waals surface area contributed by atoms with Crippen molar-refractivity contribution in [2.45, 2.75) is 89.3 Å². The van der Waals surface area contributed by atoms with Crippen molar-refractivity contribution in [1.82, 2.24) is 20.1 Å². The number of nitriles is 1. The molecule has 0 radical (unpaired) electrons. The van der Waals surface area contributed by atoms with E-state index in [1.807, 2.05) is 0 Å². The van der Waals surface area contributed by atoms with E-state index in [0.717, 1.165) is 13.8 Å². The third-order valence-electron chi connectivity index (χ3n) is 10.5. The zero-order valence-corrected chi connectivity index (χ0v) is 25.1. The first kappa shape index (κ1) is 29.5. The number of aromatic nitrogens is 1. The summed E-state index contributed by atoms with van der Waals surface area (Å²) in [6, 6.07) is 2.46. The number of carbonyl (C=O) groups excluding carboxylic acids is 4. The van der Waals surface area contributed by atoms with E-state index in [1.165, 1.54) is 9.80 Å². The van der Waals surface area contributed by atoms with Crippen LogP contribution in [0.5, 0.6) is 0 Å². The number of halogens is 2. The molecule has 1 spiro atoms. The van der Waals surface area contributed by atoms with Crippen LogP contribution >= 0.6 is 0 Å². The number of rotatable bonds is 4. The summed E-state index contributed by atoms with van der Waals surface area (Å²) in [7, 11) is 0. The van der Waals surface area contributed by atoms with Crippen molar-refractivity contribution >= 4 is 29.4 Å². The van der Waals surface area contributed by atoms with E-state index in [4.69, 9.17) is 0 Å². The molecule has 5 aliphatic rings. The minimum absolute atomic E-state index is 0.0146. The van der Waals surface area contributed by atoms with Gasteiger partial charge in [-0.3, -0.25) is 19.2 Å². The average Bonchev–Trinajstić information content (AvgIpc) is 3.72. The summed E-state index contributed by atoms with van der Waals surface area (Å²) >= 11 is 0. The maximum absolute atomic E-state index is 15.2. The summed E-state index contributed by atoms with van der Waals surface area (Å²) in [5, 5.41) is 15.5. The molecule has 9 unspecified atom stereocenters. The SMILES string of the molecule is CC(C)(F)C(=O)NC(C(=O)N1CC2C3CC(F)C(C3)C2C1C(=O)N1CC2(CC1C#N)C(=O)Nc1ncccc12)C(C)(C)C. The summed E-state index contributed by atoms with van der Waals surface area (Å²) in [6.07, 6.45) is 1.53. The van der Waals surface area contributed by atoms with Crippen molar-refractivity contribution in [3.8, 4) is 6.07 Å². The number of nitrogens with one attached hydrogen (secondary N) is 2. The molecule has 12 heteroatoms. The fourth-order valence-electron chi connectivity index (χ4n) is 8.39. The minimum atomic E-state index is -2.24. The number of pyridine rings is 1. The number of alkyl halides is 2. The van der Waals surface area contributed by atoms with Gasteiger partial charge >= 0.3 is 0 Å². The Morgan fingerprint density at radius 2 is 1.91 bits per heavy atom. The van der Waals surface area contributed by atoms with E-state index in [2.05, 4.69) is 21.7 Å². The largest absolute Gasteiger partial charge is 0.341 e. The second-order valence-electron chi connectivity index (χ2n) is 14.6. The van der Waals surface area contributed by atoms with E-state index < -0.39 is 70.4 Å². The fraction of sp³-hybridized carbons (Fsp3) is 0.677. The predicted octanol–water partition coefficient (Wildman–Crippen LogP) is 2.50. The van der Waals surface area contributed by atoms with Crippen LogP contribution in [0, 0.1) is 40.4 Å². The number of fused-ring (bicyclic) bond motifs is 7. The van der Waals surface area contributed by atoms with Gasteiger partial charge < -0.3 is 20.4 Å². The van der Waals surface area contributed by atoms with E-state index in [9.17, 15) is 28.8 Å². The standard InChI is InChI=1S/C31H38F2N6O4/c1-29(2,3)23(36-27(42)30(4,5)33)26(41)38-13-18-15-9-17(20(32)10-15)21(18)22(38)25(40)39-14-31(11-16(39)12-34)19-7-6-8-35-24(19)37-28(31)43/h6-8,15-18,20-23H,9-11,13-14H2,1-5H3,(H,36,42)(H,35,37,43). The molecule has 4 heterocycles. The topological polar surface area (TPSA) is 136 Å². The molecule has 3 aliphatic heterocycles. The molecular formula is C31H38F2N6O4. The highest BCUT2D eigenvalue weighted by Crippen LogP contribution is 2.59. The van der Waals surface area contributed by atoms with Crippen molar-refractivity contribution in [3.05, 3.63) is 23.9 Å². The molecule has 2 bridgehead atoms. The van der Waals surface area contributed by atoms with E-state index >= 15 is 4.39 Å². The van der Waals surface area contributed by atoms with Crippen molar-refractivity contribution in [1.29, 1.82) is 5.26 Å². The molecule has 2 saturated carbocycles. The van der Waals surface area contributed by atoms with Gasteiger partial charge in [0.05, 0.1) is 11.5 Å². The second kappa shape index (κ2) is 9.69. The molecule has 10 nitrogen and oxygen atoms in total. The van der Waals surface area contributed by atoms with Crippen LogP contribution in [-0.4, -0.2) is 81.5 Å². The van der Waals surface area contributed by atoms with Crippen LogP contribution in [0.25, 0.3) is 0 Å². The Morgan fingerprint density at radius 1 is 1.19 bits per heavy atom. The lowest BCUT2D eigenvalue weighted by Crippen LogP contribution is -2.61. The van der Waals surface area contributed by atoms with Crippen LogP contribution in [0.4, 0.5) is 14.6 Å². The molecule has 4 amide bonds. The first-order valence-electron chi connectivity index (χ1n) is 15.0. The number of hydrogen-bond acceptors (Lipinski definition) is 6. The van der Waals surface area contributed by atoms with Crippen LogP contribution in [0.15, 0.2) is 18.3 Å². The zero-order chi connectivity index (χ0) is 31.2. The molecule has 43 heavy (non-hydrogen) atoms. The molecule has 230 valence electrons. The van der Waals surface area contributed by atoms with Crippen molar-refractivity contribution in [3.63, 3.8) is 0 Å². The lowest BCUT2D eigenvalue weighted by molar-refractivity contribution is -0.150. The maximum Gasteiger partial charge on any atom is 0.257 e. The molecule has 4 fully saturated rings. The molecule has 2 saturated heterocycles. The van der Waals surface area contributed by atoms with Gasteiger partial charge in [0.2, 0.25) is 17.7 Å². The lowest BCUT2D eigenvalue weighted by Gasteiger charge is -2.39. The first-order chi connectivity index (χ1) is 20.1. The Kier molecular flexibility index (Phi) is 6.64. The number of anilines is 1. The fourth-order valence-corrected chi connectivity index (χ4v) is 8.39. The van der Waals surface area contributed by atoms with Crippen molar-refractivity contribution < 1.29 is 28.0 Å². The molecule has 1 aromatic heterocycles. The Hall–Kier alpha value is -3.62. The quantitative estimate of drug-likeness (QED) is 0.549. The van der Waals surface area contributed by atoms with Gasteiger partial charge in [-0.15, -0.1) is 0 Å². The van der Waals surface area contributed by atoms with Gasteiger partial charge in [0.15, 0.2) is 5.67 Å². The van der Waals surface area contributed by atoms with Crippen LogP contribution in [0.3, 0.4) is 0 Å². The highest BCUT2D eigenvalue weighted by atomic mass is 19.1. The van der Waals surface area contributed by atoms with Gasteiger partial charge in [-0.05, 0) is 61.8 Å². The van der Waals surface area contributed by atoms with E-state index in [-0.39, 0.29) is 37.3 Å². The Bertz CT molecular complexity index is 1430. The number of nitrogens with zero attached hydrogens (tertiary/aromatic N) is 4. The summed E-state index contributed by atoms with van der Waals surface area (Å²) in [5.41, 5.74) is -3.63. The summed E-state index contributed by atoms with van der Waals surface area (Å²) in [4.78, 5) is 62.1. The lowest BCUT2D eigenvalue weighted by atomic mass is 9.77. The van der Waals surface area contributed by atoms with Crippen molar-refractivity contribution in [2.24, 2.45) is 29.1 Å². The molecular weight excluding hydrogens is 558 g/mol. The molecule has 2 aliphatic carbocycles. The minimum Gasteiger partial charge on any atom is -0.341 e. The number of amides is 4. The molecule has 2 N–H and O–H groups in total. The molecule has 6 rings (SSSR count). The van der Waals surface area contributed by atoms with Gasteiger partial charge in [-0.1, -0.05) is 26.8 Å². The molecule has 1 aromatic rings. The predicted molar refractivity (Wildman–Crippen MR) is 150 cm³/mol. The van der Waals surface area contributed by atoms with Crippen LogP contribution < -0.4 is 10.6 Å². The maximum atomic E-state index is 15.2. The zero-order valence-electron chi connectivity index (χ0n) is 25.1. The van der Waals surface area contributed by atoms with Crippen LogP contribution in [-0.2, 0) is 24.6 Å². The average molecular weight is 597 g/mol. The normalized spacial score (nSPS) is 35.0. The van der Waals surface area contributed by atoms with Gasteiger partial charge in [-0.2, -0.15) is 5.26 Å². The smallest absolute Gasteiger partial charge is 0.257 e. The number of hydrogen-bond donors (Lipinski definition) is 2. The third-order valence-corrected chi connectivity index (χ3v) is 10.5. The third kappa shape index (κ3) is 4.41. The molecule has 0 aromatic carbocycles. The summed E-state index contributed by atoms with van der Waals surface area (Å²) in [5.74, 6) is -2.90. The van der Waals surface area contributed by atoms with E-state index in [1.54, 1.807) is 39.1 Å². The Morgan fingerprint density at radius 3 is 2.56 bits per heavy atom. The van der Waals surface area contributed by atoms with Gasteiger partial charge in [0.1, 0.15) is 30.1 Å². The Balaban J connectivity index is 1.37. The highest BCUT2D eigenvalue weighted by molar-refractivity contribution is 6.06. The summed E-state index contributed by atoms with van der Waals surface area (Å²) < 4.78 is 29.8. The second-order valence-corrected chi connectivity index (χ2v) is 14.6. The first-order valence-corrected chi connectivity index (χ1v) is 15.0. The highest BCUT2D eigenvalue weighted by Gasteiger charge is 2.65. The van der Waals surface area contributed by atoms with Crippen LogP contribution in [0.1, 0.15) is 59.4 Å². The monoisotopic (exact) mass is 596 g/mol. The Labute approximate surface area is 249 Å². The number of carbonyl (C=O) groups is 4. The van der Waals surface area contributed by atoms with Gasteiger partial charge in [-0.25, -0.2) is 13.8 Å². The summed E-state index contributed by atoms with van der Waals surface area (Å²) in [6.45, 7) is 7.58. The van der Waals surface area contributed by atoms with Gasteiger partial charge in [0, 0.05) is 31.3 Å². The van der Waals surface area contributed by atoms with Crippen LogP contribution in [0.2, 0.25) is 0 Å². The number of likely N-dealkylation sites (tertiary alicyclic amines) is 2. The van der Waals surface area contributed by atoms with Crippen molar-refractivity contribution in [2.75, 3.05) is 18.4 Å².